The lowest BCUT2D eigenvalue weighted by Crippen LogP contribution is -2.37. The number of rotatable bonds is 3. The maximum atomic E-state index is 3.59. The van der Waals surface area contributed by atoms with Crippen molar-refractivity contribution in [3.63, 3.8) is 0 Å². The maximum absolute atomic E-state index is 3.59. The lowest BCUT2D eigenvalue weighted by atomic mass is 9.88. The predicted molar refractivity (Wildman–Crippen MR) is 74.1 cm³/mol. The van der Waals surface area contributed by atoms with Gasteiger partial charge in [-0.15, -0.1) is 0 Å². The molecule has 2 heteroatoms. The molecule has 0 saturated heterocycles. The van der Waals surface area contributed by atoms with Crippen LogP contribution in [0.25, 0.3) is 10.9 Å². The molecule has 0 aliphatic carbocycles. The lowest BCUT2D eigenvalue weighted by molar-refractivity contribution is 0.285. The molecule has 1 aromatic carbocycles. The molecule has 0 bridgehead atoms. The third-order valence-corrected chi connectivity index (χ3v) is 3.53. The van der Waals surface area contributed by atoms with Crippen molar-refractivity contribution in [2.75, 3.05) is 0 Å². The van der Waals surface area contributed by atoms with Gasteiger partial charge in [-0.3, -0.25) is 0 Å². The van der Waals surface area contributed by atoms with Gasteiger partial charge in [0.2, 0.25) is 0 Å². The van der Waals surface area contributed by atoms with Crippen LogP contribution in [0.15, 0.2) is 30.5 Å². The van der Waals surface area contributed by atoms with Crippen molar-refractivity contribution in [3.05, 3.63) is 36.0 Å². The Morgan fingerprint density at radius 2 is 2.00 bits per heavy atom. The van der Waals surface area contributed by atoms with Crippen molar-refractivity contribution < 1.29 is 0 Å². The summed E-state index contributed by atoms with van der Waals surface area (Å²) in [5.74, 6) is 0. The summed E-state index contributed by atoms with van der Waals surface area (Å²) >= 11 is 0. The van der Waals surface area contributed by atoms with Crippen molar-refractivity contribution in [1.29, 1.82) is 0 Å². The van der Waals surface area contributed by atoms with Crippen LogP contribution < -0.4 is 5.32 Å². The highest BCUT2D eigenvalue weighted by Crippen LogP contribution is 2.19. The Morgan fingerprint density at radius 3 is 2.71 bits per heavy atom. The van der Waals surface area contributed by atoms with E-state index in [1.54, 1.807) is 0 Å². The second-order valence-corrected chi connectivity index (χ2v) is 5.87. The molecule has 2 nitrogen and oxygen atoms in total. The summed E-state index contributed by atoms with van der Waals surface area (Å²) < 4.78 is 0. The van der Waals surface area contributed by atoms with Gasteiger partial charge < -0.3 is 10.3 Å². The molecule has 2 aromatic rings. The molecule has 17 heavy (non-hydrogen) atoms. The summed E-state index contributed by atoms with van der Waals surface area (Å²) in [5, 5.41) is 4.87. The summed E-state index contributed by atoms with van der Waals surface area (Å²) in [6.07, 6.45) is 1.99. The van der Waals surface area contributed by atoms with E-state index in [-0.39, 0.29) is 0 Å². The van der Waals surface area contributed by atoms with E-state index in [2.05, 4.69) is 62.3 Å². The molecule has 1 atom stereocenters. The summed E-state index contributed by atoms with van der Waals surface area (Å²) in [4.78, 5) is 3.22. The monoisotopic (exact) mass is 230 g/mol. The van der Waals surface area contributed by atoms with Crippen molar-refractivity contribution >= 4 is 10.9 Å². The van der Waals surface area contributed by atoms with Crippen molar-refractivity contribution in [1.82, 2.24) is 10.3 Å². The molecule has 0 amide bonds. The topological polar surface area (TPSA) is 27.8 Å². The fourth-order valence-corrected chi connectivity index (χ4v) is 1.79. The Bertz CT molecular complexity index is 491. The number of hydrogen-bond acceptors (Lipinski definition) is 1. The van der Waals surface area contributed by atoms with Gasteiger partial charge in [-0.2, -0.15) is 0 Å². The molecule has 0 spiro atoms. The summed E-state index contributed by atoms with van der Waals surface area (Å²) in [7, 11) is 0. The average Bonchev–Trinajstić information content (AvgIpc) is 2.71. The number of H-pyrrole nitrogens is 1. The zero-order valence-electron chi connectivity index (χ0n) is 11.2. The first-order chi connectivity index (χ1) is 7.97. The molecule has 0 aliphatic heterocycles. The first kappa shape index (κ1) is 12.2. The highest BCUT2D eigenvalue weighted by Gasteiger charge is 2.18. The van der Waals surface area contributed by atoms with E-state index in [0.29, 0.717) is 11.5 Å². The molecule has 1 heterocycles. The number of fused-ring (bicyclic) bond motifs is 1. The van der Waals surface area contributed by atoms with Crippen LogP contribution in [0.4, 0.5) is 0 Å². The van der Waals surface area contributed by atoms with Crippen LogP contribution in [0.5, 0.6) is 0 Å². The minimum atomic E-state index is 0.304. The quantitative estimate of drug-likeness (QED) is 0.827. The minimum absolute atomic E-state index is 0.304. The second kappa shape index (κ2) is 4.53. The highest BCUT2D eigenvalue weighted by atomic mass is 14.9. The largest absolute Gasteiger partial charge is 0.361 e. The number of hydrogen-bond donors (Lipinski definition) is 2. The van der Waals surface area contributed by atoms with Crippen LogP contribution in [-0.2, 0) is 6.54 Å². The number of aromatic amines is 1. The molecular formula is C15H22N2. The molecular weight excluding hydrogens is 208 g/mol. The second-order valence-electron chi connectivity index (χ2n) is 5.87. The van der Waals surface area contributed by atoms with Gasteiger partial charge >= 0.3 is 0 Å². The van der Waals surface area contributed by atoms with Crippen LogP contribution in [0.2, 0.25) is 0 Å². The van der Waals surface area contributed by atoms with Crippen molar-refractivity contribution in [3.8, 4) is 0 Å². The standard InChI is InChI=1S/C15H22N2/c1-11(15(2,3)4)17-10-12-5-6-14-13(9-12)7-8-16-14/h5-9,11,16-17H,10H2,1-4H3. The smallest absolute Gasteiger partial charge is 0.0454 e. The molecule has 1 aromatic heterocycles. The Labute approximate surface area is 103 Å². The van der Waals surface area contributed by atoms with Gasteiger partial charge in [-0.1, -0.05) is 26.8 Å². The Morgan fingerprint density at radius 1 is 1.24 bits per heavy atom. The third-order valence-electron chi connectivity index (χ3n) is 3.53. The molecule has 92 valence electrons. The van der Waals surface area contributed by atoms with Crippen LogP contribution in [0.1, 0.15) is 33.3 Å². The third kappa shape index (κ3) is 2.89. The molecule has 0 fully saturated rings. The van der Waals surface area contributed by atoms with E-state index in [4.69, 9.17) is 0 Å². The summed E-state index contributed by atoms with van der Waals surface area (Å²) in [6, 6.07) is 9.19. The average molecular weight is 230 g/mol. The van der Waals surface area contributed by atoms with Gasteiger partial charge in [0.1, 0.15) is 0 Å². The Balaban J connectivity index is 2.03. The number of nitrogens with one attached hydrogen (secondary N) is 2. The van der Waals surface area contributed by atoms with Gasteiger partial charge in [0, 0.05) is 24.3 Å². The van der Waals surface area contributed by atoms with Crippen LogP contribution >= 0.6 is 0 Å². The fraction of sp³-hybridized carbons (Fsp3) is 0.467. The first-order valence-corrected chi connectivity index (χ1v) is 6.26. The van der Waals surface area contributed by atoms with Gasteiger partial charge in [0.25, 0.3) is 0 Å². The van der Waals surface area contributed by atoms with Crippen molar-refractivity contribution in [2.24, 2.45) is 5.41 Å². The van der Waals surface area contributed by atoms with E-state index in [1.807, 2.05) is 6.20 Å². The SMILES string of the molecule is CC(NCc1ccc2[nH]ccc2c1)C(C)(C)C. The summed E-state index contributed by atoms with van der Waals surface area (Å²) in [6.45, 7) is 9.97. The van der Waals surface area contributed by atoms with Gasteiger partial charge in [-0.25, -0.2) is 0 Å². The molecule has 0 saturated carbocycles. The number of aromatic nitrogens is 1. The highest BCUT2D eigenvalue weighted by molar-refractivity contribution is 5.79. The Kier molecular flexibility index (Phi) is 3.25. The van der Waals surface area contributed by atoms with E-state index in [1.165, 1.54) is 16.5 Å². The molecule has 2 N–H and O–H groups in total. The van der Waals surface area contributed by atoms with Gasteiger partial charge in [-0.05, 0) is 41.5 Å². The minimum Gasteiger partial charge on any atom is -0.361 e. The van der Waals surface area contributed by atoms with Crippen LogP contribution in [0.3, 0.4) is 0 Å². The molecule has 2 rings (SSSR count). The van der Waals surface area contributed by atoms with Crippen LogP contribution in [0, 0.1) is 5.41 Å². The zero-order valence-corrected chi connectivity index (χ0v) is 11.2. The first-order valence-electron chi connectivity index (χ1n) is 6.26. The molecule has 0 aliphatic rings. The maximum Gasteiger partial charge on any atom is 0.0454 e. The molecule has 0 radical (unpaired) electrons. The predicted octanol–water partition coefficient (Wildman–Crippen LogP) is 3.69. The summed E-state index contributed by atoms with van der Waals surface area (Å²) in [5.41, 5.74) is 2.85. The van der Waals surface area contributed by atoms with E-state index in [9.17, 15) is 0 Å². The van der Waals surface area contributed by atoms with E-state index >= 15 is 0 Å². The normalized spacial score (nSPS) is 14.1. The van der Waals surface area contributed by atoms with Gasteiger partial charge in [0.05, 0.1) is 0 Å². The fourth-order valence-electron chi connectivity index (χ4n) is 1.79. The van der Waals surface area contributed by atoms with E-state index < -0.39 is 0 Å². The zero-order chi connectivity index (χ0) is 12.5. The van der Waals surface area contributed by atoms with Crippen molar-refractivity contribution in [2.45, 2.75) is 40.3 Å². The Hall–Kier alpha value is -1.28. The lowest BCUT2D eigenvalue weighted by Gasteiger charge is -2.28. The number of benzene rings is 1. The van der Waals surface area contributed by atoms with Gasteiger partial charge in [0.15, 0.2) is 0 Å². The van der Waals surface area contributed by atoms with Crippen LogP contribution in [-0.4, -0.2) is 11.0 Å². The molecule has 1 unspecified atom stereocenters. The van der Waals surface area contributed by atoms with E-state index in [0.717, 1.165) is 6.54 Å².